The third kappa shape index (κ3) is 7.43. The van der Waals surface area contributed by atoms with Crippen LogP contribution in [-0.4, -0.2) is 49.3 Å². The molecule has 218 valence electrons. The van der Waals surface area contributed by atoms with Crippen LogP contribution in [0.1, 0.15) is 77.3 Å². The minimum absolute atomic E-state index is 0.0905. The lowest BCUT2D eigenvalue weighted by Gasteiger charge is -2.36. The molecule has 7 nitrogen and oxygen atoms in total. The predicted octanol–water partition coefficient (Wildman–Crippen LogP) is 6.85. The molecule has 0 saturated carbocycles. The van der Waals surface area contributed by atoms with Crippen molar-refractivity contribution in [3.63, 3.8) is 0 Å². The average molecular weight is 572 g/mol. The molecule has 3 rings (SSSR count). The Kier molecular flexibility index (Phi) is 11.2. The Morgan fingerprint density at radius 1 is 0.950 bits per heavy atom. The molecule has 40 heavy (non-hydrogen) atoms. The van der Waals surface area contributed by atoms with Crippen molar-refractivity contribution in [2.75, 3.05) is 13.7 Å². The molecule has 0 unspecified atom stereocenters. The molecule has 1 aliphatic rings. The molecular formula is C32H42ClNO6. The third-order valence-electron chi connectivity index (χ3n) is 7.90. The Hall–Kier alpha value is -2.90. The van der Waals surface area contributed by atoms with Gasteiger partial charge in [-0.2, -0.15) is 0 Å². The van der Waals surface area contributed by atoms with Crippen LogP contribution in [0, 0.1) is 11.3 Å². The lowest BCUT2D eigenvalue weighted by Crippen LogP contribution is -2.47. The van der Waals surface area contributed by atoms with Crippen LogP contribution in [0.5, 0.6) is 0 Å². The zero-order valence-corrected chi connectivity index (χ0v) is 25.1. The molecule has 2 aromatic carbocycles. The van der Waals surface area contributed by atoms with Gasteiger partial charge in [-0.05, 0) is 79.8 Å². The number of amides is 1. The summed E-state index contributed by atoms with van der Waals surface area (Å²) in [7, 11) is 1.69. The number of nitrogens with one attached hydrogen (secondary N) is 1. The molecule has 1 amide bonds. The summed E-state index contributed by atoms with van der Waals surface area (Å²) in [6.45, 7) is 9.03. The largest absolute Gasteiger partial charge is 0.459 e. The van der Waals surface area contributed by atoms with Crippen LogP contribution in [0.2, 0.25) is 0 Å². The van der Waals surface area contributed by atoms with Gasteiger partial charge in [-0.3, -0.25) is 4.79 Å². The minimum atomic E-state index is -1.12. The van der Waals surface area contributed by atoms with E-state index in [0.717, 1.165) is 41.5 Å². The van der Waals surface area contributed by atoms with Crippen molar-refractivity contribution in [3.8, 4) is 11.1 Å². The smallest absolute Gasteiger partial charge is 0.407 e. The fourth-order valence-electron chi connectivity index (χ4n) is 5.49. The number of methoxy groups -OCH3 is 1. The topological polar surface area (TPSA) is 90.9 Å². The zero-order chi connectivity index (χ0) is 29.4. The molecule has 0 spiro atoms. The summed E-state index contributed by atoms with van der Waals surface area (Å²) in [6.07, 6.45) is 1.95. The maximum atomic E-state index is 13.1. The van der Waals surface area contributed by atoms with Crippen LogP contribution in [-0.2, 0) is 23.8 Å². The first-order valence-electron chi connectivity index (χ1n) is 14.1. The summed E-state index contributed by atoms with van der Waals surface area (Å²) in [6, 6.07) is 15.2. The van der Waals surface area contributed by atoms with E-state index in [2.05, 4.69) is 24.4 Å². The molecule has 1 aliphatic carbocycles. The van der Waals surface area contributed by atoms with Gasteiger partial charge in [-0.1, -0.05) is 68.8 Å². The molecule has 0 saturated heterocycles. The third-order valence-corrected chi connectivity index (χ3v) is 8.38. The molecule has 0 fully saturated rings. The molecule has 0 aliphatic heterocycles. The highest BCUT2D eigenvalue weighted by molar-refractivity contribution is 6.64. The van der Waals surface area contributed by atoms with Crippen molar-refractivity contribution >= 4 is 28.9 Å². The lowest BCUT2D eigenvalue weighted by atomic mass is 9.79. The van der Waals surface area contributed by atoms with Gasteiger partial charge >= 0.3 is 12.1 Å². The number of hydrogen-bond donors (Lipinski definition) is 1. The van der Waals surface area contributed by atoms with Crippen LogP contribution < -0.4 is 5.32 Å². The number of fused-ring (bicyclic) bond motifs is 3. The maximum Gasteiger partial charge on any atom is 0.407 e. The van der Waals surface area contributed by atoms with E-state index in [0.29, 0.717) is 6.42 Å². The van der Waals surface area contributed by atoms with Gasteiger partial charge in [0.15, 0.2) is 0 Å². The monoisotopic (exact) mass is 571 g/mol. The van der Waals surface area contributed by atoms with Gasteiger partial charge in [0.2, 0.25) is 5.24 Å². The first kappa shape index (κ1) is 31.6. The highest BCUT2D eigenvalue weighted by Gasteiger charge is 2.42. The first-order valence-corrected chi connectivity index (χ1v) is 14.4. The summed E-state index contributed by atoms with van der Waals surface area (Å²) in [5, 5.41) is 1.99. The van der Waals surface area contributed by atoms with Gasteiger partial charge in [0.05, 0.1) is 11.5 Å². The number of carbonyl (C=O) groups is 3. The number of esters is 1. The first-order chi connectivity index (χ1) is 19.0. The Labute approximate surface area is 242 Å². The quantitative estimate of drug-likeness (QED) is 0.197. The molecule has 0 aromatic heterocycles. The van der Waals surface area contributed by atoms with Crippen molar-refractivity contribution < 1.29 is 28.6 Å². The fourth-order valence-corrected chi connectivity index (χ4v) is 5.60. The number of rotatable bonds is 14. The second-order valence-electron chi connectivity index (χ2n) is 11.2. The van der Waals surface area contributed by atoms with Crippen molar-refractivity contribution in [3.05, 3.63) is 59.7 Å². The molecule has 2 aromatic rings. The van der Waals surface area contributed by atoms with Crippen LogP contribution in [0.25, 0.3) is 11.1 Å². The van der Waals surface area contributed by atoms with E-state index in [-0.39, 0.29) is 24.5 Å². The van der Waals surface area contributed by atoms with Crippen LogP contribution in [0.3, 0.4) is 0 Å². The molecule has 0 bridgehead atoms. The molecule has 1 N–H and O–H groups in total. The molecule has 0 radical (unpaired) electrons. The molecule has 8 heteroatoms. The number of hydrogen-bond acceptors (Lipinski definition) is 6. The summed E-state index contributed by atoms with van der Waals surface area (Å²) in [5.41, 5.74) is 3.35. The van der Waals surface area contributed by atoms with E-state index in [1.807, 2.05) is 43.3 Å². The van der Waals surface area contributed by atoms with Gasteiger partial charge in [-0.25, -0.2) is 9.59 Å². The number of carbonyl (C=O) groups excluding carboxylic acids is 3. The Balaban J connectivity index is 1.61. The van der Waals surface area contributed by atoms with Crippen molar-refractivity contribution in [2.45, 2.75) is 84.5 Å². The van der Waals surface area contributed by atoms with E-state index in [1.54, 1.807) is 21.0 Å². The van der Waals surface area contributed by atoms with Crippen molar-refractivity contribution in [1.29, 1.82) is 0 Å². The van der Waals surface area contributed by atoms with Crippen LogP contribution in [0.15, 0.2) is 48.5 Å². The van der Waals surface area contributed by atoms with Gasteiger partial charge < -0.3 is 19.5 Å². The summed E-state index contributed by atoms with van der Waals surface area (Å²) in [4.78, 5) is 38.1. The highest BCUT2D eigenvalue weighted by atomic mass is 35.5. The van der Waals surface area contributed by atoms with Gasteiger partial charge in [0, 0.05) is 13.0 Å². The minimum Gasteiger partial charge on any atom is -0.459 e. The standard InChI is InChI=1S/C32H42ClNO6/c1-7-12-22(38-6)18-17-20(2)28(32(4,5)30(33)36)40-29(35)21(3)34-31(37)39-19-27-25-15-10-8-13-23(25)24-14-9-11-16-26(24)27/h8-11,13-16,20-22,27-28H,7,12,17-19H2,1-6H3,(H,34,37)/t20-,21+,22+,28+/m1/s1. The van der Waals surface area contributed by atoms with Gasteiger partial charge in [0.25, 0.3) is 0 Å². The van der Waals surface area contributed by atoms with E-state index in [1.165, 1.54) is 6.92 Å². The maximum absolute atomic E-state index is 13.1. The summed E-state index contributed by atoms with van der Waals surface area (Å²) >= 11 is 5.93. The lowest BCUT2D eigenvalue weighted by molar-refractivity contribution is -0.163. The Bertz CT molecular complexity index is 1140. The number of halogens is 1. The van der Waals surface area contributed by atoms with Gasteiger partial charge in [0.1, 0.15) is 18.8 Å². The fraction of sp³-hybridized carbons (Fsp3) is 0.531. The molecule has 4 atom stereocenters. The van der Waals surface area contributed by atoms with Crippen LogP contribution in [0.4, 0.5) is 4.79 Å². The molecule has 0 heterocycles. The normalized spacial score (nSPS) is 15.8. The average Bonchev–Trinajstić information content (AvgIpc) is 3.25. The van der Waals surface area contributed by atoms with Crippen molar-refractivity contribution in [2.24, 2.45) is 11.3 Å². The number of alkyl carbamates (subject to hydrolysis) is 1. The number of ether oxygens (including phenoxy) is 3. The Morgan fingerprint density at radius 2 is 1.52 bits per heavy atom. The van der Waals surface area contributed by atoms with E-state index in [4.69, 9.17) is 25.8 Å². The van der Waals surface area contributed by atoms with Crippen molar-refractivity contribution in [1.82, 2.24) is 5.32 Å². The molecular weight excluding hydrogens is 530 g/mol. The second-order valence-corrected chi connectivity index (χ2v) is 11.6. The summed E-state index contributed by atoms with van der Waals surface area (Å²) < 4.78 is 17.0. The number of benzene rings is 2. The SMILES string of the molecule is CCC[C@@H](CC[C@@H](C)[C@H](OC(=O)[C@H](C)NC(=O)OCC1c2ccccc2-c2ccccc21)C(C)(C)C(=O)Cl)OC. The van der Waals surface area contributed by atoms with E-state index >= 15 is 0 Å². The second kappa shape index (κ2) is 14.1. The van der Waals surface area contributed by atoms with Gasteiger partial charge in [-0.15, -0.1) is 0 Å². The predicted molar refractivity (Wildman–Crippen MR) is 156 cm³/mol. The Morgan fingerprint density at radius 3 is 2.05 bits per heavy atom. The summed E-state index contributed by atoms with van der Waals surface area (Å²) in [5.74, 6) is -0.921. The van der Waals surface area contributed by atoms with E-state index in [9.17, 15) is 14.4 Å². The highest BCUT2D eigenvalue weighted by Crippen LogP contribution is 2.44. The zero-order valence-electron chi connectivity index (χ0n) is 24.4. The van der Waals surface area contributed by atoms with E-state index < -0.39 is 34.9 Å². The van der Waals surface area contributed by atoms with Crippen LogP contribution >= 0.6 is 11.6 Å².